The van der Waals surface area contributed by atoms with Gasteiger partial charge in [-0.15, -0.1) is 0 Å². The summed E-state index contributed by atoms with van der Waals surface area (Å²) in [6.07, 6.45) is 1.98. The summed E-state index contributed by atoms with van der Waals surface area (Å²) in [7, 11) is 1.54. The number of methoxy groups -OCH3 is 1. The van der Waals surface area contributed by atoms with Crippen LogP contribution in [-0.4, -0.2) is 22.6 Å². The van der Waals surface area contributed by atoms with E-state index >= 15 is 0 Å². The first-order valence-electron chi connectivity index (χ1n) is 10.5. The molecule has 0 unspecified atom stereocenters. The molecule has 0 saturated heterocycles. The quantitative estimate of drug-likeness (QED) is 0.383. The first kappa shape index (κ1) is 21.1. The molecule has 0 fully saturated rings. The molecule has 7 heteroatoms. The second-order valence-electron chi connectivity index (χ2n) is 7.79. The fraction of sp³-hybridized carbons (Fsp3) is 0.115. The zero-order chi connectivity index (χ0) is 22.9. The SMILES string of the molecule is COc1ccc(Cl)cc1NC(=O)N1Cc2ccccc2-n2cccc2[C@@H]1c1ccc(F)cc1. The summed E-state index contributed by atoms with van der Waals surface area (Å²) in [4.78, 5) is 15.5. The predicted octanol–water partition coefficient (Wildman–Crippen LogP) is 6.42. The molecule has 2 amide bonds. The van der Waals surface area contributed by atoms with Crippen LogP contribution in [0.3, 0.4) is 0 Å². The van der Waals surface area contributed by atoms with Crippen LogP contribution in [0.15, 0.2) is 85.1 Å². The number of carbonyl (C=O) groups excluding carboxylic acids is 1. The van der Waals surface area contributed by atoms with Crippen molar-refractivity contribution in [3.63, 3.8) is 0 Å². The van der Waals surface area contributed by atoms with Gasteiger partial charge in [0.25, 0.3) is 0 Å². The van der Waals surface area contributed by atoms with E-state index in [1.54, 1.807) is 35.2 Å². The van der Waals surface area contributed by atoms with Gasteiger partial charge in [-0.1, -0.05) is 41.9 Å². The monoisotopic (exact) mass is 461 g/mol. The molecule has 0 bridgehead atoms. The van der Waals surface area contributed by atoms with E-state index in [-0.39, 0.29) is 11.8 Å². The molecule has 2 heterocycles. The van der Waals surface area contributed by atoms with E-state index in [4.69, 9.17) is 16.3 Å². The fourth-order valence-electron chi connectivity index (χ4n) is 4.30. The first-order chi connectivity index (χ1) is 16.0. The molecule has 1 N–H and O–H groups in total. The Labute approximate surface area is 196 Å². The average Bonchev–Trinajstić information content (AvgIpc) is 3.24. The molecule has 1 aromatic heterocycles. The lowest BCUT2D eigenvalue weighted by molar-refractivity contribution is 0.194. The highest BCUT2D eigenvalue weighted by Gasteiger charge is 2.33. The molecule has 0 aliphatic carbocycles. The average molecular weight is 462 g/mol. The summed E-state index contributed by atoms with van der Waals surface area (Å²) >= 11 is 6.17. The van der Waals surface area contributed by atoms with E-state index in [0.29, 0.717) is 23.0 Å². The number of benzene rings is 3. The number of urea groups is 1. The van der Waals surface area contributed by atoms with Crippen LogP contribution < -0.4 is 10.1 Å². The number of para-hydroxylation sites is 1. The summed E-state index contributed by atoms with van der Waals surface area (Å²) in [5.41, 5.74) is 4.17. The van der Waals surface area contributed by atoms with Crippen molar-refractivity contribution in [2.24, 2.45) is 0 Å². The lowest BCUT2D eigenvalue weighted by Crippen LogP contribution is -2.38. The lowest BCUT2D eigenvalue weighted by Gasteiger charge is -2.31. The molecule has 0 radical (unpaired) electrons. The summed E-state index contributed by atoms with van der Waals surface area (Å²) in [6, 6.07) is 22.4. The summed E-state index contributed by atoms with van der Waals surface area (Å²) in [5.74, 6) is 0.176. The zero-order valence-corrected chi connectivity index (χ0v) is 18.6. The number of hydrogen-bond donors (Lipinski definition) is 1. The van der Waals surface area contributed by atoms with Crippen LogP contribution in [0.25, 0.3) is 5.69 Å². The Morgan fingerprint density at radius 3 is 2.64 bits per heavy atom. The summed E-state index contributed by atoms with van der Waals surface area (Å²) in [5, 5.41) is 3.44. The number of nitrogens with zero attached hydrogens (tertiary/aromatic N) is 2. The second-order valence-corrected chi connectivity index (χ2v) is 8.22. The molecular weight excluding hydrogens is 441 g/mol. The molecule has 4 aromatic rings. The maximum absolute atomic E-state index is 13.7. The third kappa shape index (κ3) is 3.94. The molecule has 3 aromatic carbocycles. The van der Waals surface area contributed by atoms with Gasteiger partial charge in [-0.05, 0) is 59.7 Å². The number of halogens is 2. The Morgan fingerprint density at radius 1 is 1.06 bits per heavy atom. The molecular formula is C26H21ClFN3O2. The zero-order valence-electron chi connectivity index (χ0n) is 17.8. The third-order valence-corrected chi connectivity index (χ3v) is 6.05. The number of ether oxygens (including phenoxy) is 1. The van der Waals surface area contributed by atoms with Crippen molar-refractivity contribution in [3.8, 4) is 11.4 Å². The normalized spacial score (nSPS) is 14.8. The number of hydrogen-bond acceptors (Lipinski definition) is 2. The minimum Gasteiger partial charge on any atom is -0.495 e. The van der Waals surface area contributed by atoms with Crippen molar-refractivity contribution in [1.82, 2.24) is 9.47 Å². The van der Waals surface area contributed by atoms with Gasteiger partial charge in [0.05, 0.1) is 31.1 Å². The van der Waals surface area contributed by atoms with Crippen LogP contribution >= 0.6 is 11.6 Å². The van der Waals surface area contributed by atoms with E-state index in [1.165, 1.54) is 19.2 Å². The van der Waals surface area contributed by atoms with Crippen molar-refractivity contribution in [1.29, 1.82) is 0 Å². The van der Waals surface area contributed by atoms with Gasteiger partial charge in [0.1, 0.15) is 11.6 Å². The minimum absolute atomic E-state index is 0.325. The molecule has 0 saturated carbocycles. The van der Waals surface area contributed by atoms with Crippen LogP contribution in [-0.2, 0) is 6.54 Å². The lowest BCUT2D eigenvalue weighted by atomic mass is 10.0. The van der Waals surface area contributed by atoms with E-state index in [1.807, 2.05) is 42.6 Å². The van der Waals surface area contributed by atoms with Crippen LogP contribution in [0, 0.1) is 5.82 Å². The Kier molecular flexibility index (Phi) is 5.52. The Hall–Kier alpha value is -3.77. The van der Waals surface area contributed by atoms with Gasteiger partial charge >= 0.3 is 6.03 Å². The van der Waals surface area contributed by atoms with E-state index < -0.39 is 6.04 Å². The van der Waals surface area contributed by atoms with Gasteiger partial charge in [0.15, 0.2) is 0 Å². The van der Waals surface area contributed by atoms with Crippen molar-refractivity contribution in [2.45, 2.75) is 12.6 Å². The summed E-state index contributed by atoms with van der Waals surface area (Å²) in [6.45, 7) is 0.356. The maximum Gasteiger partial charge on any atom is 0.323 e. The van der Waals surface area contributed by atoms with E-state index in [9.17, 15) is 9.18 Å². The van der Waals surface area contributed by atoms with Crippen molar-refractivity contribution >= 4 is 23.3 Å². The Balaban J connectivity index is 1.63. The number of rotatable bonds is 3. The van der Waals surface area contributed by atoms with Crippen LogP contribution in [0.5, 0.6) is 5.75 Å². The fourth-order valence-corrected chi connectivity index (χ4v) is 4.47. The highest BCUT2D eigenvalue weighted by molar-refractivity contribution is 6.31. The smallest absolute Gasteiger partial charge is 0.323 e. The standard InChI is InChI=1S/C26H21ClFN3O2/c1-33-24-13-10-19(27)15-21(24)29-26(32)31-16-18-5-2-3-6-22(18)30-14-4-7-23(30)25(31)17-8-11-20(28)12-9-17/h2-15,25H,16H2,1H3,(H,29,32)/t25-/m0/s1. The van der Waals surface area contributed by atoms with Crippen molar-refractivity contribution in [2.75, 3.05) is 12.4 Å². The topological polar surface area (TPSA) is 46.5 Å². The van der Waals surface area contributed by atoms with Gasteiger partial charge in [-0.3, -0.25) is 0 Å². The van der Waals surface area contributed by atoms with Gasteiger partial charge in [-0.2, -0.15) is 0 Å². The van der Waals surface area contributed by atoms with E-state index in [0.717, 1.165) is 22.5 Å². The number of fused-ring (bicyclic) bond motifs is 3. The molecule has 1 aliphatic rings. The number of anilines is 1. The number of aromatic nitrogens is 1. The third-order valence-electron chi connectivity index (χ3n) is 5.81. The highest BCUT2D eigenvalue weighted by atomic mass is 35.5. The van der Waals surface area contributed by atoms with Gasteiger partial charge in [0.2, 0.25) is 0 Å². The molecule has 0 spiro atoms. The number of nitrogens with one attached hydrogen (secondary N) is 1. The second kappa shape index (κ2) is 8.64. The van der Waals surface area contributed by atoms with E-state index in [2.05, 4.69) is 9.88 Å². The largest absolute Gasteiger partial charge is 0.495 e. The summed E-state index contributed by atoms with van der Waals surface area (Å²) < 4.78 is 21.2. The first-order valence-corrected chi connectivity index (χ1v) is 10.8. The Morgan fingerprint density at radius 2 is 1.85 bits per heavy atom. The number of amides is 2. The van der Waals surface area contributed by atoms with Crippen molar-refractivity contribution < 1.29 is 13.9 Å². The molecule has 33 heavy (non-hydrogen) atoms. The van der Waals surface area contributed by atoms with Crippen LogP contribution in [0.1, 0.15) is 22.9 Å². The van der Waals surface area contributed by atoms with Crippen LogP contribution in [0.4, 0.5) is 14.9 Å². The molecule has 5 nitrogen and oxygen atoms in total. The maximum atomic E-state index is 13.7. The number of carbonyl (C=O) groups is 1. The predicted molar refractivity (Wildman–Crippen MR) is 127 cm³/mol. The van der Waals surface area contributed by atoms with Crippen molar-refractivity contribution in [3.05, 3.63) is 113 Å². The molecule has 1 aliphatic heterocycles. The highest BCUT2D eigenvalue weighted by Crippen LogP contribution is 2.37. The van der Waals surface area contributed by atoms with Gasteiger partial charge in [0, 0.05) is 16.9 Å². The molecule has 5 rings (SSSR count). The van der Waals surface area contributed by atoms with Crippen LogP contribution in [0.2, 0.25) is 5.02 Å². The minimum atomic E-state index is -0.446. The van der Waals surface area contributed by atoms with Gasteiger partial charge < -0.3 is 19.5 Å². The molecule has 1 atom stereocenters. The molecule has 166 valence electrons. The van der Waals surface area contributed by atoms with Gasteiger partial charge in [-0.25, -0.2) is 9.18 Å². The Bertz CT molecular complexity index is 1320.